The molecule has 2 aromatic rings. The van der Waals surface area contributed by atoms with Crippen LogP contribution in [-0.2, 0) is 4.79 Å². The van der Waals surface area contributed by atoms with Gasteiger partial charge in [-0.3, -0.25) is 9.59 Å². The molecule has 1 amide bonds. The summed E-state index contributed by atoms with van der Waals surface area (Å²) in [5.41, 5.74) is 2.73. The van der Waals surface area contributed by atoms with Gasteiger partial charge in [0.15, 0.2) is 6.61 Å². The fourth-order valence-electron chi connectivity index (χ4n) is 3.87. The summed E-state index contributed by atoms with van der Waals surface area (Å²) in [5, 5.41) is 0. The van der Waals surface area contributed by atoms with Crippen LogP contribution in [-0.4, -0.2) is 35.1 Å². The average molecular weight is 405 g/mol. The Hall–Kier alpha value is -3.00. The number of pyridine rings is 1. The van der Waals surface area contributed by atoms with Crippen LogP contribution in [0.2, 0.25) is 0 Å². The van der Waals surface area contributed by atoms with Crippen LogP contribution in [0.25, 0.3) is 0 Å². The van der Waals surface area contributed by atoms with E-state index in [0.717, 1.165) is 42.8 Å². The SMILES string of the molecule is Cc1cc(OCC(=O)N2CCCC2)cc(=O)n1[C@H](C)c1ccc(C#CC2CC2)cc1. The second-order valence-corrected chi connectivity index (χ2v) is 8.26. The second-order valence-electron chi connectivity index (χ2n) is 8.26. The quantitative estimate of drug-likeness (QED) is 0.717. The Morgan fingerprint density at radius 2 is 1.87 bits per heavy atom. The van der Waals surface area contributed by atoms with Gasteiger partial charge in [0, 0.05) is 36.3 Å². The van der Waals surface area contributed by atoms with Gasteiger partial charge in [0.05, 0.1) is 6.04 Å². The molecule has 4 rings (SSSR count). The topological polar surface area (TPSA) is 51.5 Å². The first kappa shape index (κ1) is 20.3. The monoisotopic (exact) mass is 404 g/mol. The van der Waals surface area contributed by atoms with Crippen molar-refractivity contribution in [1.82, 2.24) is 9.47 Å². The zero-order valence-electron chi connectivity index (χ0n) is 17.7. The maximum absolute atomic E-state index is 12.8. The summed E-state index contributed by atoms with van der Waals surface area (Å²) < 4.78 is 7.38. The van der Waals surface area contributed by atoms with Crippen molar-refractivity contribution in [2.45, 2.75) is 45.6 Å². The van der Waals surface area contributed by atoms with Crippen molar-refractivity contribution in [1.29, 1.82) is 0 Å². The Balaban J connectivity index is 1.45. The van der Waals surface area contributed by atoms with E-state index in [1.807, 2.05) is 49.1 Å². The van der Waals surface area contributed by atoms with Crippen LogP contribution in [0.15, 0.2) is 41.2 Å². The van der Waals surface area contributed by atoms with Gasteiger partial charge in [-0.25, -0.2) is 0 Å². The molecule has 2 aliphatic rings. The largest absolute Gasteiger partial charge is 0.484 e. The van der Waals surface area contributed by atoms with E-state index >= 15 is 0 Å². The summed E-state index contributed by atoms with van der Waals surface area (Å²) in [6.07, 6.45) is 4.53. The lowest BCUT2D eigenvalue weighted by Gasteiger charge is -2.20. The van der Waals surface area contributed by atoms with Gasteiger partial charge in [0.1, 0.15) is 5.75 Å². The third-order valence-electron chi connectivity index (χ3n) is 5.83. The lowest BCUT2D eigenvalue weighted by atomic mass is 10.1. The van der Waals surface area contributed by atoms with Crippen LogP contribution in [0.5, 0.6) is 5.75 Å². The summed E-state index contributed by atoms with van der Waals surface area (Å²) in [5.74, 6) is 7.49. The van der Waals surface area contributed by atoms with Crippen molar-refractivity contribution in [3.8, 4) is 17.6 Å². The van der Waals surface area contributed by atoms with Gasteiger partial charge in [0.2, 0.25) is 0 Å². The number of aryl methyl sites for hydroxylation is 1. The number of rotatable bonds is 5. The Labute approximate surface area is 177 Å². The van der Waals surface area contributed by atoms with Crippen molar-refractivity contribution < 1.29 is 9.53 Å². The smallest absolute Gasteiger partial charge is 0.260 e. The predicted molar refractivity (Wildman–Crippen MR) is 117 cm³/mol. The van der Waals surface area contributed by atoms with Crippen molar-refractivity contribution in [3.05, 3.63) is 63.6 Å². The molecule has 1 aromatic heterocycles. The number of aromatic nitrogens is 1. The molecule has 0 spiro atoms. The standard InChI is InChI=1S/C25H28N2O3/c1-18-15-23(30-17-25(29)26-13-3-4-14-26)16-24(28)27(18)19(2)22-11-9-21(10-12-22)8-7-20-5-6-20/h9-12,15-16,19-20H,3-6,13-14,17H2,1-2H3/t19-/m1/s1. The van der Waals surface area contributed by atoms with Crippen molar-refractivity contribution in [2.24, 2.45) is 5.92 Å². The molecule has 0 radical (unpaired) electrons. The number of amides is 1. The van der Waals surface area contributed by atoms with Crippen LogP contribution < -0.4 is 10.3 Å². The van der Waals surface area contributed by atoms with Crippen molar-refractivity contribution >= 4 is 5.91 Å². The zero-order valence-corrected chi connectivity index (χ0v) is 17.7. The van der Waals surface area contributed by atoms with E-state index in [0.29, 0.717) is 11.7 Å². The molecular weight excluding hydrogens is 376 g/mol. The highest BCUT2D eigenvalue weighted by Gasteiger charge is 2.19. The number of carbonyl (C=O) groups is 1. The van der Waals surface area contributed by atoms with Crippen LogP contribution in [0, 0.1) is 24.7 Å². The average Bonchev–Trinajstić information content (AvgIpc) is 3.40. The molecule has 0 N–H and O–H groups in total. The number of hydrogen-bond acceptors (Lipinski definition) is 3. The van der Waals surface area contributed by atoms with E-state index < -0.39 is 0 Å². The van der Waals surface area contributed by atoms with E-state index in [1.54, 1.807) is 4.57 Å². The molecule has 1 saturated heterocycles. The van der Waals surface area contributed by atoms with E-state index in [1.165, 1.54) is 18.9 Å². The van der Waals surface area contributed by atoms with E-state index in [9.17, 15) is 9.59 Å². The molecule has 2 fully saturated rings. The molecule has 1 aromatic carbocycles. The lowest BCUT2D eigenvalue weighted by molar-refractivity contribution is -0.132. The molecule has 0 bridgehead atoms. The molecule has 5 heteroatoms. The molecule has 1 saturated carbocycles. The minimum atomic E-state index is -0.135. The number of hydrogen-bond donors (Lipinski definition) is 0. The van der Waals surface area contributed by atoms with Gasteiger partial charge in [-0.1, -0.05) is 24.0 Å². The highest BCUT2D eigenvalue weighted by Crippen LogP contribution is 2.27. The molecule has 2 heterocycles. The summed E-state index contributed by atoms with van der Waals surface area (Å²) in [6, 6.07) is 11.3. The first-order valence-corrected chi connectivity index (χ1v) is 10.8. The number of carbonyl (C=O) groups excluding carboxylic acids is 1. The number of benzene rings is 1. The van der Waals surface area contributed by atoms with Gasteiger partial charge in [-0.2, -0.15) is 0 Å². The number of nitrogens with zero attached hydrogens (tertiary/aromatic N) is 2. The number of likely N-dealkylation sites (tertiary alicyclic amines) is 1. The van der Waals surface area contributed by atoms with Gasteiger partial charge in [-0.05, 0) is 63.3 Å². The minimum Gasteiger partial charge on any atom is -0.484 e. The summed E-state index contributed by atoms with van der Waals surface area (Å²) >= 11 is 0. The van der Waals surface area contributed by atoms with Crippen LogP contribution >= 0.6 is 0 Å². The highest BCUT2D eigenvalue weighted by atomic mass is 16.5. The highest BCUT2D eigenvalue weighted by molar-refractivity contribution is 5.78. The number of ether oxygens (including phenoxy) is 1. The zero-order chi connectivity index (χ0) is 21.1. The summed E-state index contributed by atoms with van der Waals surface area (Å²) in [6.45, 7) is 5.47. The fraction of sp³-hybridized carbons (Fsp3) is 0.440. The van der Waals surface area contributed by atoms with Gasteiger partial charge in [0.25, 0.3) is 11.5 Å². The van der Waals surface area contributed by atoms with Crippen LogP contribution in [0.3, 0.4) is 0 Å². The van der Waals surface area contributed by atoms with Crippen molar-refractivity contribution in [3.63, 3.8) is 0 Å². The van der Waals surface area contributed by atoms with Crippen molar-refractivity contribution in [2.75, 3.05) is 19.7 Å². The molecule has 30 heavy (non-hydrogen) atoms. The lowest BCUT2D eigenvalue weighted by Crippen LogP contribution is -2.32. The normalized spacial score (nSPS) is 16.7. The first-order chi connectivity index (χ1) is 14.5. The second kappa shape index (κ2) is 8.79. The van der Waals surface area contributed by atoms with Crippen LogP contribution in [0.1, 0.15) is 55.5 Å². The van der Waals surface area contributed by atoms with E-state index in [4.69, 9.17) is 4.74 Å². The molecule has 1 atom stereocenters. The molecule has 5 nitrogen and oxygen atoms in total. The minimum absolute atomic E-state index is 0.0208. The Kier molecular flexibility index (Phi) is 5.94. The third kappa shape index (κ3) is 4.76. The predicted octanol–water partition coefficient (Wildman–Crippen LogP) is 3.53. The molecule has 156 valence electrons. The first-order valence-electron chi connectivity index (χ1n) is 10.8. The molecule has 1 aliphatic heterocycles. The van der Waals surface area contributed by atoms with Gasteiger partial charge < -0.3 is 14.2 Å². The third-order valence-corrected chi connectivity index (χ3v) is 5.83. The summed E-state index contributed by atoms with van der Waals surface area (Å²) in [4.78, 5) is 26.8. The van der Waals surface area contributed by atoms with E-state index in [-0.39, 0.29) is 24.1 Å². The summed E-state index contributed by atoms with van der Waals surface area (Å²) in [7, 11) is 0. The molecule has 1 aliphatic carbocycles. The Bertz CT molecular complexity index is 1030. The molecule has 0 unspecified atom stereocenters. The van der Waals surface area contributed by atoms with Gasteiger partial charge in [-0.15, -0.1) is 0 Å². The molecular formula is C25H28N2O3. The van der Waals surface area contributed by atoms with Crippen LogP contribution in [0.4, 0.5) is 0 Å². The fourth-order valence-corrected chi connectivity index (χ4v) is 3.87. The van der Waals surface area contributed by atoms with Gasteiger partial charge >= 0.3 is 0 Å². The Morgan fingerprint density at radius 3 is 2.50 bits per heavy atom. The Morgan fingerprint density at radius 1 is 1.17 bits per heavy atom. The maximum atomic E-state index is 12.8. The maximum Gasteiger partial charge on any atom is 0.260 e. The van der Waals surface area contributed by atoms with E-state index in [2.05, 4.69) is 11.8 Å².